The smallest absolute Gasteiger partial charge is 0.240 e. The molecule has 1 aliphatic rings. The van der Waals surface area contributed by atoms with E-state index in [1.165, 1.54) is 0 Å². The van der Waals surface area contributed by atoms with Crippen molar-refractivity contribution in [2.45, 2.75) is 30.1 Å². The number of rotatable bonds is 7. The molecule has 1 aliphatic carbocycles. The second kappa shape index (κ2) is 6.69. The van der Waals surface area contributed by atoms with Gasteiger partial charge in [0, 0.05) is 12.0 Å². The van der Waals surface area contributed by atoms with Crippen LogP contribution < -0.4 is 14.2 Å². The molecule has 25 heavy (non-hydrogen) atoms. The molecule has 0 bridgehead atoms. The maximum Gasteiger partial charge on any atom is 0.240 e. The molecule has 0 unspecified atom stereocenters. The van der Waals surface area contributed by atoms with E-state index < -0.39 is 10.0 Å². The van der Waals surface area contributed by atoms with Gasteiger partial charge in [0.15, 0.2) is 0 Å². The van der Waals surface area contributed by atoms with E-state index >= 15 is 0 Å². The molecule has 5 nitrogen and oxygen atoms in total. The summed E-state index contributed by atoms with van der Waals surface area (Å²) >= 11 is 0. The number of methoxy groups -OCH3 is 2. The van der Waals surface area contributed by atoms with Gasteiger partial charge in [-0.15, -0.1) is 0 Å². The van der Waals surface area contributed by atoms with Crippen LogP contribution in [0.1, 0.15) is 24.0 Å². The molecule has 1 fully saturated rings. The van der Waals surface area contributed by atoms with Crippen LogP contribution in [-0.4, -0.2) is 29.2 Å². The molecule has 0 atom stereocenters. The summed E-state index contributed by atoms with van der Waals surface area (Å²) < 4.78 is 38.4. The highest BCUT2D eigenvalue weighted by Crippen LogP contribution is 2.48. The number of hydrogen-bond acceptors (Lipinski definition) is 4. The Balaban J connectivity index is 1.74. The lowest BCUT2D eigenvalue weighted by atomic mass is 9.96. The molecule has 1 N–H and O–H groups in total. The van der Waals surface area contributed by atoms with Crippen molar-refractivity contribution in [2.24, 2.45) is 0 Å². The summed E-state index contributed by atoms with van der Waals surface area (Å²) in [6, 6.07) is 12.7. The molecular formula is C19H23NO4S. The van der Waals surface area contributed by atoms with Gasteiger partial charge in [-0.3, -0.25) is 0 Å². The molecule has 0 spiro atoms. The molecule has 3 rings (SSSR count). The summed E-state index contributed by atoms with van der Waals surface area (Å²) in [5.41, 5.74) is 1.82. The van der Waals surface area contributed by atoms with Gasteiger partial charge in [0.05, 0.1) is 19.1 Å². The van der Waals surface area contributed by atoms with Gasteiger partial charge in [-0.2, -0.15) is 0 Å². The Morgan fingerprint density at radius 2 is 1.72 bits per heavy atom. The van der Waals surface area contributed by atoms with E-state index in [1.54, 1.807) is 32.4 Å². The van der Waals surface area contributed by atoms with Gasteiger partial charge < -0.3 is 9.47 Å². The minimum atomic E-state index is -3.55. The fourth-order valence-electron chi connectivity index (χ4n) is 3.00. The Kier molecular flexibility index (Phi) is 4.75. The average molecular weight is 361 g/mol. The molecule has 0 heterocycles. The first kappa shape index (κ1) is 17.8. The molecule has 2 aromatic rings. The molecule has 0 amide bonds. The fourth-order valence-corrected chi connectivity index (χ4v) is 4.21. The zero-order valence-corrected chi connectivity index (χ0v) is 15.5. The first-order valence-corrected chi connectivity index (χ1v) is 9.67. The van der Waals surface area contributed by atoms with Crippen LogP contribution in [0.4, 0.5) is 0 Å². The lowest BCUT2D eigenvalue weighted by Crippen LogP contribution is -2.32. The number of hydrogen-bond donors (Lipinski definition) is 1. The molecule has 0 aromatic heterocycles. The fraction of sp³-hybridized carbons (Fsp3) is 0.368. The van der Waals surface area contributed by atoms with E-state index in [0.29, 0.717) is 12.3 Å². The molecule has 0 saturated heterocycles. The van der Waals surface area contributed by atoms with Crippen molar-refractivity contribution in [3.05, 3.63) is 53.6 Å². The van der Waals surface area contributed by atoms with E-state index in [9.17, 15) is 8.42 Å². The Bertz CT molecular complexity index is 855. The number of nitrogens with one attached hydrogen (secondary N) is 1. The molecule has 0 aliphatic heterocycles. The van der Waals surface area contributed by atoms with Gasteiger partial charge in [-0.05, 0) is 61.2 Å². The Labute approximate surface area is 149 Å². The summed E-state index contributed by atoms with van der Waals surface area (Å²) in [4.78, 5) is 0.260. The zero-order chi connectivity index (χ0) is 18.1. The molecule has 2 aromatic carbocycles. The quantitative estimate of drug-likeness (QED) is 0.823. The largest absolute Gasteiger partial charge is 0.497 e. The van der Waals surface area contributed by atoms with Crippen LogP contribution >= 0.6 is 0 Å². The topological polar surface area (TPSA) is 64.6 Å². The number of benzene rings is 2. The van der Waals surface area contributed by atoms with Gasteiger partial charge in [0.25, 0.3) is 0 Å². The summed E-state index contributed by atoms with van der Waals surface area (Å²) in [7, 11) is -0.350. The Morgan fingerprint density at radius 3 is 2.24 bits per heavy atom. The second-order valence-corrected chi connectivity index (χ2v) is 8.23. The van der Waals surface area contributed by atoms with E-state index in [0.717, 1.165) is 29.7 Å². The third-order valence-corrected chi connectivity index (χ3v) is 6.23. The molecular weight excluding hydrogens is 338 g/mol. The van der Waals surface area contributed by atoms with Crippen LogP contribution in [0.3, 0.4) is 0 Å². The van der Waals surface area contributed by atoms with Gasteiger partial charge in [0.1, 0.15) is 11.5 Å². The van der Waals surface area contributed by atoms with Crippen LogP contribution in [0, 0.1) is 6.92 Å². The second-order valence-electron chi connectivity index (χ2n) is 6.46. The highest BCUT2D eigenvalue weighted by Gasteiger charge is 2.44. The van der Waals surface area contributed by atoms with Crippen LogP contribution in [0.5, 0.6) is 11.5 Å². The minimum absolute atomic E-state index is 0.110. The van der Waals surface area contributed by atoms with Gasteiger partial charge in [-0.25, -0.2) is 13.1 Å². The average Bonchev–Trinajstić information content (AvgIpc) is 3.41. The normalized spacial score (nSPS) is 15.6. The Morgan fingerprint density at radius 1 is 1.04 bits per heavy atom. The van der Waals surface area contributed by atoms with E-state index in [4.69, 9.17) is 9.47 Å². The van der Waals surface area contributed by atoms with Crippen molar-refractivity contribution in [1.82, 2.24) is 4.72 Å². The van der Waals surface area contributed by atoms with Gasteiger partial charge in [-0.1, -0.05) is 12.1 Å². The predicted octanol–water partition coefficient (Wildman–Crippen LogP) is 3.02. The van der Waals surface area contributed by atoms with E-state index in [1.807, 2.05) is 31.2 Å². The lowest BCUT2D eigenvalue weighted by Gasteiger charge is -2.17. The summed E-state index contributed by atoms with van der Waals surface area (Å²) in [5, 5.41) is 0. The first-order valence-electron chi connectivity index (χ1n) is 8.19. The lowest BCUT2D eigenvalue weighted by molar-refractivity contribution is 0.411. The third-order valence-electron chi connectivity index (χ3n) is 4.83. The summed E-state index contributed by atoms with van der Waals surface area (Å²) in [6.07, 6.45) is 1.95. The Hall–Kier alpha value is -2.05. The van der Waals surface area contributed by atoms with Crippen molar-refractivity contribution in [1.29, 1.82) is 0 Å². The van der Waals surface area contributed by atoms with E-state index in [2.05, 4.69) is 4.72 Å². The van der Waals surface area contributed by atoms with E-state index in [-0.39, 0.29) is 10.3 Å². The predicted molar refractivity (Wildman–Crippen MR) is 96.8 cm³/mol. The van der Waals surface area contributed by atoms with Gasteiger partial charge >= 0.3 is 0 Å². The van der Waals surface area contributed by atoms with Crippen LogP contribution in [0.2, 0.25) is 0 Å². The highest BCUT2D eigenvalue weighted by molar-refractivity contribution is 7.89. The molecule has 1 saturated carbocycles. The molecule has 6 heteroatoms. The number of ether oxygens (including phenoxy) is 2. The van der Waals surface area contributed by atoms with Crippen LogP contribution in [0.15, 0.2) is 47.4 Å². The first-order chi connectivity index (χ1) is 11.9. The number of aryl methyl sites for hydroxylation is 1. The summed E-state index contributed by atoms with van der Waals surface area (Å²) in [6.45, 7) is 2.23. The maximum atomic E-state index is 12.6. The van der Waals surface area contributed by atoms with Crippen molar-refractivity contribution < 1.29 is 17.9 Å². The monoisotopic (exact) mass is 361 g/mol. The van der Waals surface area contributed by atoms with Crippen molar-refractivity contribution in [2.75, 3.05) is 20.8 Å². The minimum Gasteiger partial charge on any atom is -0.497 e. The van der Waals surface area contributed by atoms with Crippen molar-refractivity contribution >= 4 is 10.0 Å². The maximum absolute atomic E-state index is 12.6. The molecule has 134 valence electrons. The number of sulfonamides is 1. The zero-order valence-electron chi connectivity index (χ0n) is 14.7. The van der Waals surface area contributed by atoms with Gasteiger partial charge in [0.2, 0.25) is 10.0 Å². The van der Waals surface area contributed by atoms with Crippen LogP contribution in [0.25, 0.3) is 0 Å². The summed E-state index contributed by atoms with van der Waals surface area (Å²) in [5.74, 6) is 1.48. The van der Waals surface area contributed by atoms with Crippen LogP contribution in [-0.2, 0) is 15.4 Å². The third kappa shape index (κ3) is 3.65. The molecule has 0 radical (unpaired) electrons. The van der Waals surface area contributed by atoms with Crippen molar-refractivity contribution in [3.63, 3.8) is 0 Å². The highest BCUT2D eigenvalue weighted by atomic mass is 32.2. The SMILES string of the molecule is COc1ccc(C2(CNS(=O)(=O)c3ccc(OC)c(C)c3)CC2)cc1. The van der Waals surface area contributed by atoms with Crippen molar-refractivity contribution in [3.8, 4) is 11.5 Å². The standard InChI is InChI=1S/C19H23NO4S/c1-14-12-17(8-9-18(14)24-3)25(21,22)20-13-19(10-11-19)15-4-6-16(23-2)7-5-15/h4-9,12,20H,10-11,13H2,1-3H3.